The molecular weight excluding hydrogens is 182 g/mol. The molecule has 84 valence electrons. The SMILES string of the molecule is CN(CC(=O)NCCN)C(C)(C)CO. The molecule has 0 aromatic heterocycles. The second-order valence-corrected chi connectivity index (χ2v) is 3.97. The molecule has 0 aromatic carbocycles. The maximum atomic E-state index is 11.3. The van der Waals surface area contributed by atoms with E-state index in [1.54, 1.807) is 11.9 Å². The minimum Gasteiger partial charge on any atom is -0.394 e. The first-order valence-corrected chi connectivity index (χ1v) is 4.73. The lowest BCUT2D eigenvalue weighted by Gasteiger charge is -2.33. The molecule has 0 saturated carbocycles. The van der Waals surface area contributed by atoms with Crippen LogP contribution in [0.2, 0.25) is 0 Å². The van der Waals surface area contributed by atoms with Gasteiger partial charge >= 0.3 is 0 Å². The summed E-state index contributed by atoms with van der Waals surface area (Å²) in [6.07, 6.45) is 0. The lowest BCUT2D eigenvalue weighted by atomic mass is 10.1. The van der Waals surface area contributed by atoms with Gasteiger partial charge in [-0.3, -0.25) is 9.69 Å². The molecule has 0 saturated heterocycles. The Morgan fingerprint density at radius 1 is 1.57 bits per heavy atom. The molecule has 0 aliphatic carbocycles. The Balaban J connectivity index is 3.93. The molecule has 0 heterocycles. The number of carbonyl (C=O) groups excluding carboxylic acids is 1. The molecule has 4 N–H and O–H groups in total. The van der Waals surface area contributed by atoms with Gasteiger partial charge in [0.25, 0.3) is 0 Å². The predicted molar refractivity (Wildman–Crippen MR) is 55.9 cm³/mol. The van der Waals surface area contributed by atoms with E-state index in [2.05, 4.69) is 5.32 Å². The van der Waals surface area contributed by atoms with Gasteiger partial charge in [0.2, 0.25) is 5.91 Å². The Bertz CT molecular complexity index is 183. The summed E-state index contributed by atoms with van der Waals surface area (Å²) in [7, 11) is 1.80. The van der Waals surface area contributed by atoms with Gasteiger partial charge in [0.1, 0.15) is 0 Å². The third kappa shape index (κ3) is 4.55. The van der Waals surface area contributed by atoms with Gasteiger partial charge in [-0.05, 0) is 20.9 Å². The van der Waals surface area contributed by atoms with Crippen molar-refractivity contribution in [1.82, 2.24) is 10.2 Å². The third-order valence-corrected chi connectivity index (χ3v) is 2.27. The number of nitrogens with one attached hydrogen (secondary N) is 1. The first-order valence-electron chi connectivity index (χ1n) is 4.73. The summed E-state index contributed by atoms with van der Waals surface area (Å²) in [5.74, 6) is -0.0699. The second kappa shape index (κ2) is 5.95. The van der Waals surface area contributed by atoms with E-state index >= 15 is 0 Å². The average molecular weight is 203 g/mol. The van der Waals surface area contributed by atoms with Crippen LogP contribution in [0.3, 0.4) is 0 Å². The quantitative estimate of drug-likeness (QED) is 0.505. The Kier molecular flexibility index (Phi) is 5.68. The van der Waals surface area contributed by atoms with Crippen molar-refractivity contribution >= 4 is 5.91 Å². The Labute approximate surface area is 85.3 Å². The Hall–Kier alpha value is -0.650. The molecule has 1 amide bonds. The van der Waals surface area contributed by atoms with Crippen LogP contribution in [0, 0.1) is 0 Å². The van der Waals surface area contributed by atoms with Crippen LogP contribution in [0.4, 0.5) is 0 Å². The van der Waals surface area contributed by atoms with Crippen molar-refractivity contribution in [2.75, 3.05) is 33.3 Å². The Morgan fingerprint density at radius 3 is 2.57 bits per heavy atom. The number of amides is 1. The van der Waals surface area contributed by atoms with E-state index in [-0.39, 0.29) is 24.6 Å². The molecule has 0 fully saturated rings. The van der Waals surface area contributed by atoms with Crippen molar-refractivity contribution in [3.63, 3.8) is 0 Å². The van der Waals surface area contributed by atoms with Gasteiger partial charge < -0.3 is 16.2 Å². The number of carbonyl (C=O) groups is 1. The van der Waals surface area contributed by atoms with Crippen LogP contribution in [-0.2, 0) is 4.79 Å². The fourth-order valence-electron chi connectivity index (χ4n) is 0.818. The highest BCUT2D eigenvalue weighted by Crippen LogP contribution is 2.09. The standard InChI is InChI=1S/C9H21N3O2/c1-9(2,7-13)12(3)6-8(14)11-5-4-10/h13H,4-7,10H2,1-3H3,(H,11,14). The zero-order chi connectivity index (χ0) is 11.2. The summed E-state index contributed by atoms with van der Waals surface area (Å²) < 4.78 is 0. The minimum absolute atomic E-state index is 0.0215. The molecule has 0 unspecified atom stereocenters. The van der Waals surface area contributed by atoms with Crippen LogP contribution >= 0.6 is 0 Å². The van der Waals surface area contributed by atoms with Gasteiger partial charge in [-0.2, -0.15) is 0 Å². The number of hydrogen-bond donors (Lipinski definition) is 3. The van der Waals surface area contributed by atoms with Gasteiger partial charge in [0.15, 0.2) is 0 Å². The zero-order valence-electron chi connectivity index (χ0n) is 9.21. The summed E-state index contributed by atoms with van der Waals surface area (Å²) in [5, 5.41) is 11.7. The number of aliphatic hydroxyl groups excluding tert-OH is 1. The first kappa shape index (κ1) is 13.4. The third-order valence-electron chi connectivity index (χ3n) is 2.27. The molecule has 14 heavy (non-hydrogen) atoms. The highest BCUT2D eigenvalue weighted by Gasteiger charge is 2.23. The average Bonchev–Trinajstić information content (AvgIpc) is 2.14. The molecule has 0 aliphatic heterocycles. The second-order valence-electron chi connectivity index (χ2n) is 3.97. The maximum Gasteiger partial charge on any atom is 0.234 e. The number of nitrogens with zero attached hydrogens (tertiary/aromatic N) is 1. The van der Waals surface area contributed by atoms with Gasteiger partial charge in [-0.1, -0.05) is 0 Å². The van der Waals surface area contributed by atoms with Crippen LogP contribution < -0.4 is 11.1 Å². The van der Waals surface area contributed by atoms with Crippen LogP contribution in [0.15, 0.2) is 0 Å². The maximum absolute atomic E-state index is 11.3. The fourth-order valence-corrected chi connectivity index (χ4v) is 0.818. The van der Waals surface area contributed by atoms with Crippen molar-refractivity contribution in [3.05, 3.63) is 0 Å². The molecule has 0 aliphatic rings. The van der Waals surface area contributed by atoms with E-state index in [0.29, 0.717) is 13.1 Å². The molecule has 5 heteroatoms. The van der Waals surface area contributed by atoms with E-state index in [9.17, 15) is 4.79 Å². The first-order chi connectivity index (χ1) is 6.44. The van der Waals surface area contributed by atoms with Gasteiger partial charge in [0, 0.05) is 18.6 Å². The largest absolute Gasteiger partial charge is 0.394 e. The molecular formula is C9H21N3O2. The van der Waals surface area contributed by atoms with Gasteiger partial charge in [-0.15, -0.1) is 0 Å². The number of nitrogens with two attached hydrogens (primary N) is 1. The number of rotatable bonds is 6. The van der Waals surface area contributed by atoms with E-state index in [4.69, 9.17) is 10.8 Å². The van der Waals surface area contributed by atoms with Crippen molar-refractivity contribution < 1.29 is 9.90 Å². The van der Waals surface area contributed by atoms with Crippen molar-refractivity contribution in [3.8, 4) is 0 Å². The summed E-state index contributed by atoms with van der Waals surface area (Å²) >= 11 is 0. The van der Waals surface area contributed by atoms with E-state index < -0.39 is 0 Å². The van der Waals surface area contributed by atoms with Crippen LogP contribution in [-0.4, -0.2) is 54.7 Å². The normalized spacial score (nSPS) is 11.9. The smallest absolute Gasteiger partial charge is 0.234 e. The van der Waals surface area contributed by atoms with Crippen LogP contribution in [0.5, 0.6) is 0 Å². The zero-order valence-corrected chi connectivity index (χ0v) is 9.21. The molecule has 0 bridgehead atoms. The van der Waals surface area contributed by atoms with E-state index in [1.165, 1.54) is 0 Å². The van der Waals surface area contributed by atoms with Crippen LogP contribution in [0.25, 0.3) is 0 Å². The molecule has 0 rings (SSSR count). The molecule has 0 atom stereocenters. The van der Waals surface area contributed by atoms with E-state index in [0.717, 1.165) is 0 Å². The van der Waals surface area contributed by atoms with Crippen molar-refractivity contribution in [1.29, 1.82) is 0 Å². The number of likely N-dealkylation sites (N-methyl/N-ethyl adjacent to an activating group) is 1. The molecule has 5 nitrogen and oxygen atoms in total. The molecule has 0 radical (unpaired) electrons. The topological polar surface area (TPSA) is 78.6 Å². The summed E-state index contributed by atoms with van der Waals surface area (Å²) in [5.41, 5.74) is 4.88. The number of hydrogen-bond acceptors (Lipinski definition) is 4. The van der Waals surface area contributed by atoms with Gasteiger partial charge in [0.05, 0.1) is 13.2 Å². The number of aliphatic hydroxyl groups is 1. The van der Waals surface area contributed by atoms with Crippen molar-refractivity contribution in [2.24, 2.45) is 5.73 Å². The summed E-state index contributed by atoms with van der Waals surface area (Å²) in [6.45, 7) is 4.98. The summed E-state index contributed by atoms with van der Waals surface area (Å²) in [6, 6.07) is 0. The van der Waals surface area contributed by atoms with Crippen LogP contribution in [0.1, 0.15) is 13.8 Å². The lowest BCUT2D eigenvalue weighted by molar-refractivity contribution is -0.123. The Morgan fingerprint density at radius 2 is 2.14 bits per heavy atom. The fraction of sp³-hybridized carbons (Fsp3) is 0.889. The molecule has 0 spiro atoms. The minimum atomic E-state index is -0.375. The highest BCUT2D eigenvalue weighted by molar-refractivity contribution is 5.78. The lowest BCUT2D eigenvalue weighted by Crippen LogP contribution is -2.49. The van der Waals surface area contributed by atoms with E-state index in [1.807, 2.05) is 13.8 Å². The molecule has 0 aromatic rings. The predicted octanol–water partition coefficient (Wildman–Crippen LogP) is -1.24. The van der Waals surface area contributed by atoms with Crippen molar-refractivity contribution in [2.45, 2.75) is 19.4 Å². The monoisotopic (exact) mass is 203 g/mol. The highest BCUT2D eigenvalue weighted by atomic mass is 16.3. The summed E-state index contributed by atoms with van der Waals surface area (Å²) in [4.78, 5) is 13.1. The van der Waals surface area contributed by atoms with Gasteiger partial charge in [-0.25, -0.2) is 0 Å².